The maximum absolute atomic E-state index is 6.32. The van der Waals surface area contributed by atoms with Crippen LogP contribution in [-0.2, 0) is 5.54 Å². The van der Waals surface area contributed by atoms with Crippen molar-refractivity contribution < 1.29 is 4.52 Å². The topological polar surface area (TPSA) is 56.9 Å². The minimum Gasteiger partial charge on any atom is -0.361 e. The molecule has 34 heavy (non-hydrogen) atoms. The van der Waals surface area contributed by atoms with Gasteiger partial charge in [0.25, 0.3) is 0 Å². The third kappa shape index (κ3) is 3.84. The average Bonchev–Trinajstić information content (AvgIpc) is 3.51. The first kappa shape index (κ1) is 21.8. The Kier molecular flexibility index (Phi) is 5.28. The van der Waals surface area contributed by atoms with Gasteiger partial charge in [0.2, 0.25) is 0 Å². The number of aromatic nitrogens is 1. The van der Waals surface area contributed by atoms with Crippen molar-refractivity contribution in [3.63, 3.8) is 0 Å². The SMILES string of the molecule is Cc1noc(C)c1-c1ccc2c(c1)C=NC(NC1(c3cccc(Cl)c3)CC1)N2CC1CN(C)C1. The van der Waals surface area contributed by atoms with E-state index in [1.54, 1.807) is 0 Å². The summed E-state index contributed by atoms with van der Waals surface area (Å²) in [5.41, 5.74) is 6.65. The molecular formula is C27H30ClN5O. The number of aryl methyl sites for hydroxylation is 2. The van der Waals surface area contributed by atoms with Crippen LogP contribution in [0.2, 0.25) is 5.02 Å². The number of aliphatic imine (C=N–C) groups is 1. The van der Waals surface area contributed by atoms with Gasteiger partial charge < -0.3 is 14.3 Å². The number of rotatable bonds is 6. The highest BCUT2D eigenvalue weighted by molar-refractivity contribution is 6.30. The summed E-state index contributed by atoms with van der Waals surface area (Å²) < 4.78 is 5.41. The molecule has 0 amide bonds. The first-order valence-electron chi connectivity index (χ1n) is 12.0. The fourth-order valence-corrected chi connectivity index (χ4v) is 5.73. The van der Waals surface area contributed by atoms with Crippen LogP contribution in [0.25, 0.3) is 11.1 Å². The second kappa shape index (κ2) is 8.22. The summed E-state index contributed by atoms with van der Waals surface area (Å²) >= 11 is 6.32. The first-order valence-corrected chi connectivity index (χ1v) is 12.4. The normalized spacial score (nSPS) is 21.4. The molecule has 2 aliphatic heterocycles. The molecule has 1 saturated heterocycles. The van der Waals surface area contributed by atoms with Gasteiger partial charge in [0.05, 0.1) is 5.69 Å². The van der Waals surface area contributed by atoms with E-state index in [2.05, 4.69) is 57.7 Å². The number of fused-ring (bicyclic) bond motifs is 1. The molecule has 1 unspecified atom stereocenters. The summed E-state index contributed by atoms with van der Waals surface area (Å²) in [5.74, 6) is 1.48. The minimum absolute atomic E-state index is 0.0598. The molecule has 176 valence electrons. The summed E-state index contributed by atoms with van der Waals surface area (Å²) in [7, 11) is 2.18. The van der Waals surface area contributed by atoms with Gasteiger partial charge in [-0.15, -0.1) is 0 Å². The van der Waals surface area contributed by atoms with Gasteiger partial charge in [-0.2, -0.15) is 0 Å². The summed E-state index contributed by atoms with van der Waals surface area (Å²) in [6.07, 6.45) is 4.10. The van der Waals surface area contributed by atoms with E-state index in [0.29, 0.717) is 5.92 Å². The smallest absolute Gasteiger partial charge is 0.176 e. The molecule has 3 aromatic rings. The number of hydrogen-bond acceptors (Lipinski definition) is 6. The van der Waals surface area contributed by atoms with E-state index in [1.807, 2.05) is 32.2 Å². The monoisotopic (exact) mass is 475 g/mol. The molecule has 3 heterocycles. The van der Waals surface area contributed by atoms with Crippen molar-refractivity contribution in [1.29, 1.82) is 0 Å². The van der Waals surface area contributed by atoms with E-state index in [0.717, 1.165) is 65.6 Å². The Balaban J connectivity index is 1.33. The number of hydrogen-bond donors (Lipinski definition) is 1. The second-order valence-corrected chi connectivity index (χ2v) is 10.5. The molecule has 1 aliphatic carbocycles. The van der Waals surface area contributed by atoms with Crippen LogP contribution >= 0.6 is 11.6 Å². The zero-order valence-electron chi connectivity index (χ0n) is 19.9. The van der Waals surface area contributed by atoms with Crippen LogP contribution in [0, 0.1) is 19.8 Å². The third-order valence-electron chi connectivity index (χ3n) is 7.44. The second-order valence-electron chi connectivity index (χ2n) is 10.1. The van der Waals surface area contributed by atoms with E-state index in [9.17, 15) is 0 Å². The van der Waals surface area contributed by atoms with Gasteiger partial charge in [-0.25, -0.2) is 0 Å². The van der Waals surface area contributed by atoms with Crippen LogP contribution < -0.4 is 10.2 Å². The number of halogens is 1. The van der Waals surface area contributed by atoms with Gasteiger partial charge in [-0.1, -0.05) is 35.0 Å². The Morgan fingerprint density at radius 3 is 2.65 bits per heavy atom. The highest BCUT2D eigenvalue weighted by Crippen LogP contribution is 2.47. The number of likely N-dealkylation sites (tertiary alicyclic amines) is 1. The van der Waals surface area contributed by atoms with Gasteiger partial charge in [-0.05, 0) is 69.1 Å². The molecule has 6 rings (SSSR count). The third-order valence-corrected chi connectivity index (χ3v) is 7.67. The minimum atomic E-state index is -0.107. The number of nitrogens with one attached hydrogen (secondary N) is 1. The van der Waals surface area contributed by atoms with Gasteiger partial charge in [0, 0.05) is 59.1 Å². The number of nitrogens with zero attached hydrogens (tertiary/aromatic N) is 4. The zero-order chi connectivity index (χ0) is 23.4. The molecule has 0 bridgehead atoms. The number of benzene rings is 2. The highest BCUT2D eigenvalue weighted by atomic mass is 35.5. The molecule has 6 nitrogen and oxygen atoms in total. The van der Waals surface area contributed by atoms with Crippen molar-refractivity contribution in [1.82, 2.24) is 15.4 Å². The van der Waals surface area contributed by atoms with Gasteiger partial charge in [0.1, 0.15) is 5.76 Å². The largest absolute Gasteiger partial charge is 0.361 e. The molecule has 1 saturated carbocycles. The maximum atomic E-state index is 6.32. The highest BCUT2D eigenvalue weighted by Gasteiger charge is 2.47. The van der Waals surface area contributed by atoms with E-state index < -0.39 is 0 Å². The number of anilines is 1. The van der Waals surface area contributed by atoms with Crippen molar-refractivity contribution in [2.24, 2.45) is 10.9 Å². The van der Waals surface area contributed by atoms with Crippen LogP contribution in [0.15, 0.2) is 52.0 Å². The Morgan fingerprint density at radius 2 is 1.97 bits per heavy atom. The molecular weight excluding hydrogens is 446 g/mol. The molecule has 2 fully saturated rings. The summed E-state index contributed by atoms with van der Waals surface area (Å²) in [6.45, 7) is 7.18. The Hall–Kier alpha value is -2.67. The fourth-order valence-electron chi connectivity index (χ4n) is 5.54. The van der Waals surface area contributed by atoms with Gasteiger partial charge in [-0.3, -0.25) is 10.3 Å². The van der Waals surface area contributed by atoms with Crippen molar-refractivity contribution in [3.05, 3.63) is 70.1 Å². The molecule has 0 radical (unpaired) electrons. The maximum Gasteiger partial charge on any atom is 0.176 e. The Bertz CT molecular complexity index is 1240. The predicted molar refractivity (Wildman–Crippen MR) is 137 cm³/mol. The van der Waals surface area contributed by atoms with Crippen LogP contribution in [0.1, 0.15) is 35.4 Å². The molecule has 2 aromatic carbocycles. The van der Waals surface area contributed by atoms with E-state index in [1.165, 1.54) is 11.3 Å². The molecule has 1 aromatic heterocycles. The van der Waals surface area contributed by atoms with Gasteiger partial charge in [0.15, 0.2) is 6.29 Å². The van der Waals surface area contributed by atoms with Crippen molar-refractivity contribution in [2.75, 3.05) is 31.6 Å². The summed E-state index contributed by atoms with van der Waals surface area (Å²) in [4.78, 5) is 9.85. The standard InChI is InChI=1S/C27H30ClN5O/c1-17-25(18(2)34-31-17)20-7-8-24-21(11-20)13-29-26(33(24)16-19-14-32(3)15-19)30-27(9-10-27)22-5-4-6-23(28)12-22/h4-8,11-13,19,26,30H,9-10,14-16H2,1-3H3. The predicted octanol–water partition coefficient (Wildman–Crippen LogP) is 4.97. The van der Waals surface area contributed by atoms with Crippen LogP contribution in [0.4, 0.5) is 5.69 Å². The zero-order valence-corrected chi connectivity index (χ0v) is 20.6. The molecule has 7 heteroatoms. The van der Waals surface area contributed by atoms with Crippen molar-refractivity contribution in [3.8, 4) is 11.1 Å². The lowest BCUT2D eigenvalue weighted by atomic mass is 9.97. The van der Waals surface area contributed by atoms with Crippen LogP contribution in [0.5, 0.6) is 0 Å². The van der Waals surface area contributed by atoms with E-state index in [-0.39, 0.29) is 11.8 Å². The molecule has 1 N–H and O–H groups in total. The summed E-state index contributed by atoms with van der Waals surface area (Å²) in [6, 6.07) is 14.9. The van der Waals surface area contributed by atoms with Crippen molar-refractivity contribution in [2.45, 2.75) is 38.5 Å². The summed E-state index contributed by atoms with van der Waals surface area (Å²) in [5, 5.41) is 8.81. The van der Waals surface area contributed by atoms with Crippen molar-refractivity contribution >= 4 is 23.5 Å². The lowest BCUT2D eigenvalue weighted by Gasteiger charge is -2.44. The Morgan fingerprint density at radius 1 is 1.15 bits per heavy atom. The molecule has 1 atom stereocenters. The molecule has 3 aliphatic rings. The van der Waals surface area contributed by atoms with Crippen LogP contribution in [-0.4, -0.2) is 49.2 Å². The van der Waals surface area contributed by atoms with Gasteiger partial charge >= 0.3 is 0 Å². The fraction of sp³-hybridized carbons (Fsp3) is 0.407. The van der Waals surface area contributed by atoms with E-state index in [4.69, 9.17) is 21.1 Å². The molecule has 0 spiro atoms. The quantitative estimate of drug-likeness (QED) is 0.545. The lowest BCUT2D eigenvalue weighted by Crippen LogP contribution is -2.56. The average molecular weight is 476 g/mol. The van der Waals surface area contributed by atoms with Crippen LogP contribution in [0.3, 0.4) is 0 Å². The Labute approximate surface area is 205 Å². The van der Waals surface area contributed by atoms with E-state index >= 15 is 0 Å². The lowest BCUT2D eigenvalue weighted by molar-refractivity contribution is 0.135. The first-order chi connectivity index (χ1) is 16.4.